The van der Waals surface area contributed by atoms with Gasteiger partial charge in [0.2, 0.25) is 0 Å². The topological polar surface area (TPSA) is 58.0 Å². The highest BCUT2D eigenvalue weighted by molar-refractivity contribution is 6.99. The molecule has 0 atom stereocenters. The summed E-state index contributed by atoms with van der Waals surface area (Å²) in [6.07, 6.45) is 0. The maximum absolute atomic E-state index is 8.84. The van der Waals surface area contributed by atoms with Gasteiger partial charge in [0.1, 0.15) is 0 Å². The summed E-state index contributed by atoms with van der Waals surface area (Å²) in [7, 11) is -2.57. The van der Waals surface area contributed by atoms with Gasteiger partial charge in [-0.2, -0.15) is 0 Å². The second-order valence-corrected chi connectivity index (χ2v) is 12.3. The summed E-state index contributed by atoms with van der Waals surface area (Å²) >= 11 is 0. The molecule has 0 aliphatic rings. The standard InChI is InChI=1S/C20H27N3OSi/c1-19(2,3)25(17-12-8-6-9-13-17,18-14-10-7-11-15-18)24-16-20(4,5)22-23-21/h6-15H,16H2,1-5H3. The number of rotatable bonds is 6. The quantitative estimate of drug-likeness (QED) is 0.323. The van der Waals surface area contributed by atoms with Gasteiger partial charge in [0.25, 0.3) is 8.32 Å². The van der Waals surface area contributed by atoms with E-state index in [4.69, 9.17) is 9.96 Å². The summed E-state index contributed by atoms with van der Waals surface area (Å²) in [4.78, 5) is 2.98. The molecule has 0 radical (unpaired) electrons. The molecule has 0 aromatic heterocycles. The van der Waals surface area contributed by atoms with Crippen LogP contribution >= 0.6 is 0 Å². The van der Waals surface area contributed by atoms with Crippen LogP contribution in [0.25, 0.3) is 10.4 Å². The fraction of sp³-hybridized carbons (Fsp3) is 0.400. The van der Waals surface area contributed by atoms with E-state index in [0.717, 1.165) is 0 Å². The van der Waals surface area contributed by atoms with Gasteiger partial charge in [-0.05, 0) is 20.9 Å². The summed E-state index contributed by atoms with van der Waals surface area (Å²) in [5.74, 6) is 0. The Morgan fingerprint density at radius 3 is 1.68 bits per heavy atom. The van der Waals surface area contributed by atoms with Crippen LogP contribution in [-0.4, -0.2) is 20.5 Å². The molecule has 0 fully saturated rings. The Hall–Kier alpha value is -2.07. The molecule has 0 saturated carbocycles. The fourth-order valence-electron chi connectivity index (χ4n) is 3.20. The van der Waals surface area contributed by atoms with E-state index in [-0.39, 0.29) is 5.04 Å². The fourth-order valence-corrected chi connectivity index (χ4v) is 7.92. The largest absolute Gasteiger partial charge is 0.407 e. The zero-order valence-electron chi connectivity index (χ0n) is 15.7. The van der Waals surface area contributed by atoms with Gasteiger partial charge in [-0.25, -0.2) is 0 Å². The first-order valence-corrected chi connectivity index (χ1v) is 10.4. The van der Waals surface area contributed by atoms with E-state index in [1.807, 2.05) is 26.0 Å². The lowest BCUT2D eigenvalue weighted by molar-refractivity contribution is 0.229. The second-order valence-electron chi connectivity index (χ2n) is 7.95. The minimum atomic E-state index is -2.57. The molecule has 25 heavy (non-hydrogen) atoms. The average Bonchev–Trinajstić information content (AvgIpc) is 2.56. The van der Waals surface area contributed by atoms with Gasteiger partial charge in [0, 0.05) is 11.5 Å². The Morgan fingerprint density at radius 1 is 0.880 bits per heavy atom. The molecule has 0 bridgehead atoms. The lowest BCUT2D eigenvalue weighted by Gasteiger charge is -2.44. The van der Waals surface area contributed by atoms with E-state index in [1.165, 1.54) is 10.4 Å². The molecular formula is C20H27N3OSi. The first kappa shape index (κ1) is 19.3. The molecular weight excluding hydrogens is 326 g/mol. The second kappa shape index (κ2) is 7.44. The molecule has 0 unspecified atom stereocenters. The van der Waals surface area contributed by atoms with Crippen molar-refractivity contribution in [2.24, 2.45) is 5.11 Å². The van der Waals surface area contributed by atoms with E-state index in [0.29, 0.717) is 6.61 Å². The minimum absolute atomic E-state index is 0.0812. The maximum atomic E-state index is 8.84. The zero-order valence-corrected chi connectivity index (χ0v) is 16.7. The molecule has 2 aromatic carbocycles. The first-order valence-electron chi connectivity index (χ1n) is 8.54. The van der Waals surface area contributed by atoms with Crippen molar-refractivity contribution >= 4 is 18.7 Å². The molecule has 0 N–H and O–H groups in total. The normalized spacial score (nSPS) is 12.5. The van der Waals surface area contributed by atoms with Gasteiger partial charge >= 0.3 is 0 Å². The van der Waals surface area contributed by atoms with Crippen LogP contribution in [0.5, 0.6) is 0 Å². The lowest BCUT2D eigenvalue weighted by atomic mass is 10.1. The molecule has 4 nitrogen and oxygen atoms in total. The van der Waals surface area contributed by atoms with Crippen LogP contribution in [0.3, 0.4) is 0 Å². The van der Waals surface area contributed by atoms with Crippen LogP contribution < -0.4 is 10.4 Å². The van der Waals surface area contributed by atoms with Gasteiger partial charge in [-0.1, -0.05) is 100 Å². The van der Waals surface area contributed by atoms with Gasteiger partial charge in [-0.15, -0.1) is 0 Å². The first-order chi connectivity index (χ1) is 11.7. The third-order valence-corrected chi connectivity index (χ3v) is 9.36. The number of azide groups is 1. The van der Waals surface area contributed by atoms with Crippen LogP contribution in [-0.2, 0) is 4.43 Å². The number of hydrogen-bond acceptors (Lipinski definition) is 2. The smallest absolute Gasteiger partial charge is 0.261 e. The van der Waals surface area contributed by atoms with Crippen LogP contribution in [0.4, 0.5) is 0 Å². The van der Waals surface area contributed by atoms with E-state index in [1.54, 1.807) is 0 Å². The molecule has 0 aliphatic carbocycles. The highest BCUT2D eigenvalue weighted by Crippen LogP contribution is 2.37. The SMILES string of the molecule is CC(C)(CO[Si](c1ccccc1)(c1ccccc1)C(C)(C)C)N=[N+]=[N-]. The van der Waals surface area contributed by atoms with Crippen LogP contribution in [0.2, 0.25) is 5.04 Å². The Morgan fingerprint density at radius 2 is 1.32 bits per heavy atom. The number of nitrogens with zero attached hydrogens (tertiary/aromatic N) is 3. The van der Waals surface area contributed by atoms with Crippen molar-refractivity contribution in [1.82, 2.24) is 0 Å². The molecule has 0 amide bonds. The Labute approximate surface area is 151 Å². The highest BCUT2D eigenvalue weighted by atomic mass is 28.4. The van der Waals surface area contributed by atoms with Crippen molar-refractivity contribution in [1.29, 1.82) is 0 Å². The molecule has 0 saturated heterocycles. The minimum Gasteiger partial charge on any atom is -0.407 e. The summed E-state index contributed by atoms with van der Waals surface area (Å²) in [6.45, 7) is 10.9. The average molecular weight is 354 g/mol. The van der Waals surface area contributed by atoms with Crippen LogP contribution in [0.1, 0.15) is 34.6 Å². The molecule has 5 heteroatoms. The number of benzene rings is 2. The Bertz CT molecular complexity index is 693. The monoisotopic (exact) mass is 353 g/mol. The van der Waals surface area contributed by atoms with Crippen molar-refractivity contribution in [3.8, 4) is 0 Å². The lowest BCUT2D eigenvalue weighted by Crippen LogP contribution is -2.67. The van der Waals surface area contributed by atoms with Gasteiger partial charge < -0.3 is 4.43 Å². The van der Waals surface area contributed by atoms with E-state index in [9.17, 15) is 0 Å². The van der Waals surface area contributed by atoms with Crippen molar-refractivity contribution in [2.75, 3.05) is 6.61 Å². The molecule has 2 rings (SSSR count). The maximum Gasteiger partial charge on any atom is 0.261 e. The van der Waals surface area contributed by atoms with Gasteiger partial charge in [0.05, 0.1) is 5.54 Å². The Balaban J connectivity index is 2.63. The van der Waals surface area contributed by atoms with E-state index >= 15 is 0 Å². The summed E-state index contributed by atoms with van der Waals surface area (Å²) in [5.41, 5.74) is 8.24. The summed E-state index contributed by atoms with van der Waals surface area (Å²) in [5, 5.41) is 6.28. The highest BCUT2D eigenvalue weighted by Gasteiger charge is 2.50. The van der Waals surface area contributed by atoms with E-state index < -0.39 is 13.9 Å². The molecule has 0 aliphatic heterocycles. The van der Waals surface area contributed by atoms with Gasteiger partial charge in [0.15, 0.2) is 0 Å². The molecule has 2 aromatic rings. The summed E-state index contributed by atoms with van der Waals surface area (Å²) < 4.78 is 6.76. The third kappa shape index (κ3) is 4.13. The van der Waals surface area contributed by atoms with Gasteiger partial charge in [-0.3, -0.25) is 0 Å². The van der Waals surface area contributed by atoms with Crippen LogP contribution in [0, 0.1) is 0 Å². The predicted octanol–water partition coefficient (Wildman–Crippen LogP) is 4.65. The van der Waals surface area contributed by atoms with Crippen molar-refractivity contribution in [3.05, 3.63) is 71.1 Å². The number of hydrogen-bond donors (Lipinski definition) is 0. The Kier molecular flexibility index (Phi) is 5.73. The molecule has 0 heterocycles. The van der Waals surface area contributed by atoms with Crippen molar-refractivity contribution in [3.63, 3.8) is 0 Å². The van der Waals surface area contributed by atoms with Crippen LogP contribution in [0.15, 0.2) is 65.8 Å². The van der Waals surface area contributed by atoms with Crippen molar-refractivity contribution in [2.45, 2.75) is 45.2 Å². The van der Waals surface area contributed by atoms with E-state index in [2.05, 4.69) is 79.3 Å². The zero-order chi connectivity index (χ0) is 18.6. The summed E-state index contributed by atoms with van der Waals surface area (Å²) in [6, 6.07) is 20.9. The third-order valence-electron chi connectivity index (χ3n) is 4.37. The molecule has 132 valence electrons. The molecule has 0 spiro atoms. The predicted molar refractivity (Wildman–Crippen MR) is 107 cm³/mol. The van der Waals surface area contributed by atoms with Crippen molar-refractivity contribution < 1.29 is 4.43 Å².